The summed E-state index contributed by atoms with van der Waals surface area (Å²) in [7, 11) is 0. The number of hydrogen-bond acceptors (Lipinski definition) is 3. The van der Waals surface area contributed by atoms with Crippen molar-refractivity contribution in [2.75, 3.05) is 0 Å². The highest BCUT2D eigenvalue weighted by Crippen LogP contribution is 2.33. The Morgan fingerprint density at radius 2 is 2.04 bits per heavy atom. The number of nitrogens with one attached hydrogen (secondary N) is 1. The Morgan fingerprint density at radius 3 is 2.70 bits per heavy atom. The van der Waals surface area contributed by atoms with E-state index in [1.807, 2.05) is 0 Å². The number of carbonyl (C=O) groups is 1. The zero-order valence-electron chi connectivity index (χ0n) is 12.0. The van der Waals surface area contributed by atoms with Gasteiger partial charge >= 0.3 is 0 Å². The summed E-state index contributed by atoms with van der Waals surface area (Å²) in [5.41, 5.74) is -0.308. The summed E-state index contributed by atoms with van der Waals surface area (Å²) < 4.78 is 52.9. The van der Waals surface area contributed by atoms with E-state index < -0.39 is 18.3 Å². The average Bonchev–Trinajstić information content (AvgIpc) is 2.93. The Bertz CT molecular complexity index is 721. The van der Waals surface area contributed by atoms with E-state index in [1.54, 1.807) is 0 Å². The number of nitrogens with zero attached hydrogens (tertiary/aromatic N) is 3. The second kappa shape index (κ2) is 5.78. The predicted molar refractivity (Wildman–Crippen MR) is 72.6 cm³/mol. The highest BCUT2D eigenvalue weighted by atomic mass is 19.3. The molecule has 23 heavy (non-hydrogen) atoms. The number of hydrogen-bond donors (Lipinski definition) is 1. The number of fused-ring (bicyclic) bond motifs is 1. The third-order valence-corrected chi connectivity index (χ3v) is 3.90. The van der Waals surface area contributed by atoms with Crippen LogP contribution in [0.2, 0.25) is 0 Å². The molecule has 5 nitrogen and oxygen atoms in total. The maximum Gasteiger partial charge on any atom is 0.280 e. The first-order valence-corrected chi connectivity index (χ1v) is 7.17. The number of carbonyl (C=O) groups excluding carboxylic acids is 1. The van der Waals surface area contributed by atoms with Crippen LogP contribution >= 0.6 is 0 Å². The molecule has 124 valence electrons. The van der Waals surface area contributed by atoms with Gasteiger partial charge in [0.1, 0.15) is 5.69 Å². The first kappa shape index (κ1) is 15.7. The second-order valence-electron chi connectivity index (χ2n) is 5.57. The number of halogens is 4. The summed E-state index contributed by atoms with van der Waals surface area (Å²) in [6.45, 7) is 0. The minimum atomic E-state index is -2.75. The zero-order chi connectivity index (χ0) is 16.6. The molecule has 3 rings (SSSR count). The monoisotopic (exact) mass is 330 g/mol. The molecule has 1 aliphatic carbocycles. The number of alkyl halides is 4. The van der Waals surface area contributed by atoms with Crippen molar-refractivity contribution in [2.45, 2.75) is 44.1 Å². The third-order valence-electron chi connectivity index (χ3n) is 3.90. The van der Waals surface area contributed by atoms with Crippen molar-refractivity contribution in [3.05, 3.63) is 29.7 Å². The Hall–Kier alpha value is -2.19. The molecular weight excluding hydrogens is 316 g/mol. The average molecular weight is 330 g/mol. The topological polar surface area (TPSA) is 59.3 Å². The molecule has 0 aromatic carbocycles. The van der Waals surface area contributed by atoms with Gasteiger partial charge in [0.2, 0.25) is 5.92 Å². The fourth-order valence-electron chi connectivity index (χ4n) is 2.63. The fourth-order valence-corrected chi connectivity index (χ4v) is 2.63. The van der Waals surface area contributed by atoms with Gasteiger partial charge in [-0.2, -0.15) is 5.10 Å². The largest absolute Gasteiger partial charge is 0.348 e. The molecule has 0 aliphatic heterocycles. The van der Waals surface area contributed by atoms with E-state index in [1.165, 1.54) is 12.3 Å². The van der Waals surface area contributed by atoms with Crippen molar-refractivity contribution in [3.8, 4) is 0 Å². The van der Waals surface area contributed by atoms with Crippen molar-refractivity contribution < 1.29 is 22.4 Å². The lowest BCUT2D eigenvalue weighted by molar-refractivity contribution is -0.0399. The molecule has 0 radical (unpaired) electrons. The van der Waals surface area contributed by atoms with E-state index in [4.69, 9.17) is 0 Å². The van der Waals surface area contributed by atoms with Gasteiger partial charge in [0.25, 0.3) is 12.3 Å². The van der Waals surface area contributed by atoms with Crippen LogP contribution in [-0.2, 0) is 0 Å². The van der Waals surface area contributed by atoms with Crippen LogP contribution in [0.1, 0.15) is 48.3 Å². The normalized spacial score (nSPS) is 18.5. The molecular formula is C14H14F4N4O. The first-order chi connectivity index (χ1) is 10.9. The molecule has 1 aliphatic rings. The van der Waals surface area contributed by atoms with Gasteiger partial charge in [-0.3, -0.25) is 4.79 Å². The molecule has 0 unspecified atom stereocenters. The Morgan fingerprint density at radius 1 is 1.35 bits per heavy atom. The van der Waals surface area contributed by atoms with Crippen molar-refractivity contribution in [3.63, 3.8) is 0 Å². The number of rotatable bonds is 3. The van der Waals surface area contributed by atoms with Gasteiger partial charge < -0.3 is 5.32 Å². The van der Waals surface area contributed by atoms with Crippen LogP contribution in [0, 0.1) is 0 Å². The zero-order valence-corrected chi connectivity index (χ0v) is 12.0. The van der Waals surface area contributed by atoms with E-state index in [-0.39, 0.29) is 48.8 Å². The van der Waals surface area contributed by atoms with Gasteiger partial charge in [-0.25, -0.2) is 27.1 Å². The van der Waals surface area contributed by atoms with E-state index in [0.717, 1.165) is 10.6 Å². The van der Waals surface area contributed by atoms with Crippen molar-refractivity contribution in [1.29, 1.82) is 0 Å². The molecule has 1 N–H and O–H groups in total. The van der Waals surface area contributed by atoms with Crippen LogP contribution in [-0.4, -0.2) is 32.5 Å². The van der Waals surface area contributed by atoms with Gasteiger partial charge in [-0.15, -0.1) is 0 Å². The quantitative estimate of drug-likeness (QED) is 0.880. The Kier molecular flexibility index (Phi) is 3.95. The predicted octanol–water partition coefficient (Wildman–Crippen LogP) is 2.97. The summed E-state index contributed by atoms with van der Waals surface area (Å²) in [5, 5.41) is 6.46. The minimum absolute atomic E-state index is 0.0667. The van der Waals surface area contributed by atoms with Gasteiger partial charge in [0.05, 0.1) is 0 Å². The van der Waals surface area contributed by atoms with Crippen molar-refractivity contribution in [1.82, 2.24) is 19.9 Å². The summed E-state index contributed by atoms with van der Waals surface area (Å²) in [6, 6.07) is 2.04. The summed E-state index contributed by atoms with van der Waals surface area (Å²) in [4.78, 5) is 16.0. The maximum atomic E-state index is 13.1. The lowest BCUT2D eigenvalue weighted by Crippen LogP contribution is -2.40. The summed E-state index contributed by atoms with van der Waals surface area (Å²) in [5.74, 6) is -3.26. The number of amides is 1. The van der Waals surface area contributed by atoms with Crippen LogP contribution in [0.25, 0.3) is 5.65 Å². The molecule has 0 saturated heterocycles. The van der Waals surface area contributed by atoms with Gasteiger partial charge in [0.15, 0.2) is 11.3 Å². The van der Waals surface area contributed by atoms with Crippen LogP contribution in [0.5, 0.6) is 0 Å². The van der Waals surface area contributed by atoms with Gasteiger partial charge in [-0.1, -0.05) is 0 Å². The summed E-state index contributed by atoms with van der Waals surface area (Å²) in [6.07, 6.45) is -1.75. The highest BCUT2D eigenvalue weighted by molar-refractivity contribution is 5.93. The molecule has 9 heteroatoms. The second-order valence-corrected chi connectivity index (χ2v) is 5.57. The lowest BCUT2D eigenvalue weighted by atomic mass is 9.92. The molecule has 0 atom stereocenters. The Balaban J connectivity index is 1.75. The molecule has 2 heterocycles. The maximum absolute atomic E-state index is 13.1. The smallest absolute Gasteiger partial charge is 0.280 e. The van der Waals surface area contributed by atoms with Crippen LogP contribution in [0.4, 0.5) is 17.6 Å². The molecule has 0 spiro atoms. The van der Waals surface area contributed by atoms with Gasteiger partial charge in [0, 0.05) is 31.1 Å². The standard InChI is InChI=1S/C14H14F4N4O/c15-12(16)10-3-6-19-11-7-9(21-22(10)11)13(23)20-8-1-4-14(17,18)5-2-8/h3,6-8,12H,1-2,4-5H2,(H,20,23). The van der Waals surface area contributed by atoms with Crippen LogP contribution in [0.3, 0.4) is 0 Å². The molecule has 1 saturated carbocycles. The Labute approximate surface area is 128 Å². The molecule has 1 amide bonds. The minimum Gasteiger partial charge on any atom is -0.348 e. The lowest BCUT2D eigenvalue weighted by Gasteiger charge is -2.28. The van der Waals surface area contributed by atoms with E-state index >= 15 is 0 Å². The SMILES string of the molecule is O=C(NC1CCC(F)(F)CC1)c1cc2nccc(C(F)F)n2n1. The molecule has 1 fully saturated rings. The van der Waals surface area contributed by atoms with Crippen LogP contribution in [0.15, 0.2) is 18.3 Å². The summed E-state index contributed by atoms with van der Waals surface area (Å²) >= 11 is 0. The number of aromatic nitrogens is 3. The third kappa shape index (κ3) is 3.27. The van der Waals surface area contributed by atoms with Crippen LogP contribution < -0.4 is 5.32 Å². The first-order valence-electron chi connectivity index (χ1n) is 7.17. The highest BCUT2D eigenvalue weighted by Gasteiger charge is 2.35. The molecule has 0 bridgehead atoms. The molecule has 2 aromatic heterocycles. The van der Waals surface area contributed by atoms with E-state index in [2.05, 4.69) is 15.4 Å². The fraction of sp³-hybridized carbons (Fsp3) is 0.500. The van der Waals surface area contributed by atoms with E-state index in [9.17, 15) is 22.4 Å². The van der Waals surface area contributed by atoms with Gasteiger partial charge in [-0.05, 0) is 18.9 Å². The molecule has 2 aromatic rings. The van der Waals surface area contributed by atoms with Crippen molar-refractivity contribution in [2.24, 2.45) is 0 Å². The van der Waals surface area contributed by atoms with Crippen molar-refractivity contribution >= 4 is 11.6 Å². The van der Waals surface area contributed by atoms with E-state index in [0.29, 0.717) is 0 Å².